The first-order valence-corrected chi connectivity index (χ1v) is 5.75. The fraction of sp³-hybridized carbons (Fsp3) is 0.667. The van der Waals surface area contributed by atoms with E-state index >= 15 is 0 Å². The van der Waals surface area contributed by atoms with Gasteiger partial charge in [-0.3, -0.25) is 4.79 Å². The lowest BCUT2D eigenvalue weighted by Gasteiger charge is -2.18. The predicted octanol–water partition coefficient (Wildman–Crippen LogP) is 2.18. The number of aromatic nitrogens is 2. The lowest BCUT2D eigenvalue weighted by Crippen LogP contribution is -2.17. The van der Waals surface area contributed by atoms with E-state index in [1.165, 1.54) is 6.07 Å². The molecule has 4 nitrogen and oxygen atoms in total. The fourth-order valence-electron chi connectivity index (χ4n) is 1.33. The molecular weight excluding hydrogens is 202 g/mol. The number of H-pyrrole nitrogens is 1. The van der Waals surface area contributed by atoms with Crippen molar-refractivity contribution >= 4 is 5.82 Å². The number of anilines is 1. The molecule has 0 saturated heterocycles. The minimum Gasteiger partial charge on any atom is -0.370 e. The molecule has 1 aromatic heterocycles. The molecule has 0 aliphatic heterocycles. The zero-order chi connectivity index (χ0) is 12.2. The Morgan fingerprint density at radius 1 is 1.44 bits per heavy atom. The molecule has 0 spiro atoms. The highest BCUT2D eigenvalue weighted by Gasteiger charge is 2.09. The molecule has 0 aliphatic carbocycles. The average molecular weight is 223 g/mol. The highest BCUT2D eigenvalue weighted by molar-refractivity contribution is 5.32. The lowest BCUT2D eigenvalue weighted by molar-refractivity contribution is 0.389. The zero-order valence-corrected chi connectivity index (χ0v) is 10.6. The van der Waals surface area contributed by atoms with Gasteiger partial charge in [-0.1, -0.05) is 27.7 Å². The van der Waals surface area contributed by atoms with Gasteiger partial charge in [0, 0.05) is 19.0 Å². The Kier molecular flexibility index (Phi) is 4.10. The van der Waals surface area contributed by atoms with Gasteiger partial charge in [-0.2, -0.15) is 0 Å². The van der Waals surface area contributed by atoms with Gasteiger partial charge in [0.05, 0.1) is 0 Å². The molecule has 4 heteroatoms. The number of hydrogen-bond acceptors (Lipinski definition) is 3. The van der Waals surface area contributed by atoms with Gasteiger partial charge in [0.2, 0.25) is 0 Å². The van der Waals surface area contributed by atoms with Crippen LogP contribution < -0.4 is 10.9 Å². The number of aromatic amines is 1. The molecule has 0 bridgehead atoms. The van der Waals surface area contributed by atoms with Crippen LogP contribution >= 0.6 is 0 Å². The third-order valence-corrected chi connectivity index (χ3v) is 2.31. The number of hydrogen-bond donors (Lipinski definition) is 2. The highest BCUT2D eigenvalue weighted by atomic mass is 16.1. The maximum Gasteiger partial charge on any atom is 0.252 e. The second-order valence-electron chi connectivity index (χ2n) is 5.17. The van der Waals surface area contributed by atoms with Gasteiger partial charge >= 0.3 is 0 Å². The van der Waals surface area contributed by atoms with Crippen molar-refractivity contribution < 1.29 is 0 Å². The van der Waals surface area contributed by atoms with Crippen LogP contribution in [-0.4, -0.2) is 16.5 Å². The summed E-state index contributed by atoms with van der Waals surface area (Å²) in [5.41, 5.74) is 0.201. The number of nitrogens with zero attached hydrogens (tertiary/aromatic N) is 1. The molecule has 0 aromatic carbocycles. The van der Waals surface area contributed by atoms with Crippen molar-refractivity contribution in [1.82, 2.24) is 9.97 Å². The second-order valence-corrected chi connectivity index (χ2v) is 5.17. The van der Waals surface area contributed by atoms with Crippen LogP contribution in [0.5, 0.6) is 0 Å². The van der Waals surface area contributed by atoms with E-state index < -0.39 is 0 Å². The number of rotatable bonds is 4. The highest BCUT2D eigenvalue weighted by Crippen LogP contribution is 2.17. The maximum absolute atomic E-state index is 11.3. The normalized spacial score (nSPS) is 11.5. The zero-order valence-electron chi connectivity index (χ0n) is 10.6. The largest absolute Gasteiger partial charge is 0.370 e. The molecule has 0 unspecified atom stereocenters. The van der Waals surface area contributed by atoms with Crippen LogP contribution in [0.3, 0.4) is 0 Å². The summed E-state index contributed by atoms with van der Waals surface area (Å²) in [4.78, 5) is 18.3. The molecule has 1 aromatic rings. The predicted molar refractivity (Wildman–Crippen MR) is 66.8 cm³/mol. The summed E-state index contributed by atoms with van der Waals surface area (Å²) < 4.78 is 0. The molecule has 2 N–H and O–H groups in total. The molecule has 1 rings (SSSR count). The van der Waals surface area contributed by atoms with Gasteiger partial charge in [-0.05, 0) is 11.8 Å². The van der Waals surface area contributed by atoms with E-state index in [9.17, 15) is 4.79 Å². The van der Waals surface area contributed by atoms with Gasteiger partial charge in [0.25, 0.3) is 5.56 Å². The molecule has 90 valence electrons. The minimum atomic E-state index is -0.0925. The molecule has 1 heterocycles. The van der Waals surface area contributed by atoms with Crippen LogP contribution in [0.2, 0.25) is 0 Å². The number of nitrogens with one attached hydrogen (secondary N) is 2. The maximum atomic E-state index is 11.3. The third kappa shape index (κ3) is 4.47. The van der Waals surface area contributed by atoms with Crippen molar-refractivity contribution in [2.75, 3.05) is 11.9 Å². The van der Waals surface area contributed by atoms with Crippen molar-refractivity contribution in [3.63, 3.8) is 0 Å². The summed E-state index contributed by atoms with van der Waals surface area (Å²) in [5.74, 6) is 1.40. The van der Waals surface area contributed by atoms with Gasteiger partial charge in [-0.25, -0.2) is 4.98 Å². The Hall–Kier alpha value is -1.32. The van der Waals surface area contributed by atoms with Crippen LogP contribution in [0.25, 0.3) is 0 Å². The monoisotopic (exact) mass is 223 g/mol. The molecule has 0 amide bonds. The van der Waals surface area contributed by atoms with E-state index in [1.54, 1.807) is 0 Å². The molecule has 0 fully saturated rings. The van der Waals surface area contributed by atoms with E-state index in [-0.39, 0.29) is 5.56 Å². The molecule has 0 aliphatic rings. The van der Waals surface area contributed by atoms with Crippen molar-refractivity contribution in [3.05, 3.63) is 22.2 Å². The standard InChI is InChI=1S/C12H21N3O/c1-5-9-14-10(8-11(16)15-9)13-7-6-12(2,3)4/h8H,5-7H2,1-4H3,(H2,13,14,15,16). The first kappa shape index (κ1) is 12.7. The van der Waals surface area contributed by atoms with Crippen LogP contribution in [0.15, 0.2) is 10.9 Å². The van der Waals surface area contributed by atoms with Crippen LogP contribution in [0.4, 0.5) is 5.82 Å². The van der Waals surface area contributed by atoms with Gasteiger partial charge in [-0.15, -0.1) is 0 Å². The van der Waals surface area contributed by atoms with Gasteiger partial charge in [0.1, 0.15) is 11.6 Å². The van der Waals surface area contributed by atoms with E-state index in [4.69, 9.17) is 0 Å². The van der Waals surface area contributed by atoms with Crippen LogP contribution in [0.1, 0.15) is 39.9 Å². The Bertz CT molecular complexity index is 390. The lowest BCUT2D eigenvalue weighted by atomic mass is 9.92. The SMILES string of the molecule is CCc1nc(NCCC(C)(C)C)cc(=O)[nH]1. The Balaban J connectivity index is 2.60. The van der Waals surface area contributed by atoms with Crippen LogP contribution in [-0.2, 0) is 6.42 Å². The van der Waals surface area contributed by atoms with Crippen molar-refractivity contribution in [3.8, 4) is 0 Å². The van der Waals surface area contributed by atoms with Crippen LogP contribution in [0, 0.1) is 5.41 Å². The van der Waals surface area contributed by atoms with Crippen molar-refractivity contribution in [2.45, 2.75) is 40.5 Å². The fourth-order valence-corrected chi connectivity index (χ4v) is 1.33. The first-order valence-electron chi connectivity index (χ1n) is 5.75. The average Bonchev–Trinajstić information content (AvgIpc) is 2.14. The van der Waals surface area contributed by atoms with E-state index in [0.29, 0.717) is 11.2 Å². The molecule has 16 heavy (non-hydrogen) atoms. The molecular formula is C12H21N3O. The van der Waals surface area contributed by atoms with E-state index in [1.807, 2.05) is 6.92 Å². The number of aryl methyl sites for hydroxylation is 1. The minimum absolute atomic E-state index is 0.0925. The molecule has 0 saturated carbocycles. The van der Waals surface area contributed by atoms with E-state index in [0.717, 1.165) is 25.2 Å². The smallest absolute Gasteiger partial charge is 0.252 e. The Labute approximate surface area is 96.5 Å². The van der Waals surface area contributed by atoms with Crippen molar-refractivity contribution in [1.29, 1.82) is 0 Å². The Morgan fingerprint density at radius 3 is 2.69 bits per heavy atom. The van der Waals surface area contributed by atoms with Crippen molar-refractivity contribution in [2.24, 2.45) is 5.41 Å². The van der Waals surface area contributed by atoms with Gasteiger partial charge in [0.15, 0.2) is 0 Å². The molecule has 0 radical (unpaired) electrons. The summed E-state index contributed by atoms with van der Waals surface area (Å²) >= 11 is 0. The Morgan fingerprint density at radius 2 is 2.12 bits per heavy atom. The topological polar surface area (TPSA) is 57.8 Å². The van der Waals surface area contributed by atoms with E-state index in [2.05, 4.69) is 36.1 Å². The summed E-state index contributed by atoms with van der Waals surface area (Å²) in [6.45, 7) is 9.38. The second kappa shape index (κ2) is 5.14. The quantitative estimate of drug-likeness (QED) is 0.822. The molecule has 0 atom stereocenters. The summed E-state index contributed by atoms with van der Waals surface area (Å²) in [6, 6.07) is 1.50. The first-order chi connectivity index (χ1) is 7.40. The summed E-state index contributed by atoms with van der Waals surface area (Å²) in [6.07, 6.45) is 1.78. The third-order valence-electron chi connectivity index (χ3n) is 2.31. The summed E-state index contributed by atoms with van der Waals surface area (Å²) in [5, 5.41) is 3.19. The van der Waals surface area contributed by atoms with Gasteiger partial charge < -0.3 is 10.3 Å². The summed E-state index contributed by atoms with van der Waals surface area (Å²) in [7, 11) is 0.